The minimum atomic E-state index is -0.355. The van der Waals surface area contributed by atoms with Crippen LogP contribution < -0.4 is 5.73 Å². The molecule has 0 amide bonds. The number of carbonyl (C=O) groups excluding carboxylic acids is 1. The first-order valence-electron chi connectivity index (χ1n) is 5.19. The molecule has 2 rings (SSSR count). The second kappa shape index (κ2) is 6.54. The van der Waals surface area contributed by atoms with Gasteiger partial charge in [-0.25, -0.2) is 4.79 Å². The van der Waals surface area contributed by atoms with Gasteiger partial charge in [0.25, 0.3) is 0 Å². The highest BCUT2D eigenvalue weighted by Crippen LogP contribution is 2.24. The summed E-state index contributed by atoms with van der Waals surface area (Å²) in [5.41, 5.74) is 8.47. The first-order valence-corrected chi connectivity index (χ1v) is 6.13. The van der Waals surface area contributed by atoms with Gasteiger partial charge >= 0.3 is 5.97 Å². The number of ether oxygens (including phenoxy) is 1. The van der Waals surface area contributed by atoms with Crippen LogP contribution in [-0.2, 0) is 4.74 Å². The van der Waals surface area contributed by atoms with E-state index in [1.54, 1.807) is 23.5 Å². The molecule has 1 aromatic heterocycles. The van der Waals surface area contributed by atoms with E-state index >= 15 is 0 Å². The van der Waals surface area contributed by atoms with Gasteiger partial charge in [0.2, 0.25) is 0 Å². The lowest BCUT2D eigenvalue weighted by atomic mass is 9.97. The van der Waals surface area contributed by atoms with E-state index in [0.29, 0.717) is 5.56 Å². The molecule has 0 aliphatic rings. The van der Waals surface area contributed by atoms with Crippen molar-refractivity contribution in [3.63, 3.8) is 0 Å². The molecule has 0 aliphatic heterocycles. The van der Waals surface area contributed by atoms with E-state index in [-0.39, 0.29) is 24.4 Å². The first kappa shape index (κ1) is 14.7. The van der Waals surface area contributed by atoms with Gasteiger partial charge in [0.1, 0.15) is 0 Å². The Morgan fingerprint density at radius 2 is 2.06 bits per heavy atom. The van der Waals surface area contributed by atoms with E-state index in [0.717, 1.165) is 11.1 Å². The third kappa shape index (κ3) is 2.90. The van der Waals surface area contributed by atoms with Crippen LogP contribution in [0.15, 0.2) is 41.1 Å². The summed E-state index contributed by atoms with van der Waals surface area (Å²) < 4.78 is 4.75. The van der Waals surface area contributed by atoms with Crippen LogP contribution in [0.1, 0.15) is 27.5 Å². The summed E-state index contributed by atoms with van der Waals surface area (Å²) in [5.74, 6) is -0.355. The summed E-state index contributed by atoms with van der Waals surface area (Å²) >= 11 is 1.59. The molecule has 3 nitrogen and oxygen atoms in total. The molecule has 1 heterocycles. The van der Waals surface area contributed by atoms with E-state index in [9.17, 15) is 4.79 Å². The molecule has 2 aromatic rings. The van der Waals surface area contributed by atoms with Gasteiger partial charge in [-0.3, -0.25) is 0 Å². The van der Waals surface area contributed by atoms with Gasteiger partial charge in [-0.15, -0.1) is 12.4 Å². The molecular weight excluding hydrogens is 270 g/mol. The Hall–Kier alpha value is -1.36. The second-order valence-corrected chi connectivity index (χ2v) is 4.39. The van der Waals surface area contributed by atoms with Gasteiger partial charge in [-0.05, 0) is 34.0 Å². The molecule has 0 radical (unpaired) electrons. The average molecular weight is 284 g/mol. The fraction of sp³-hybridized carbons (Fsp3) is 0.154. The van der Waals surface area contributed by atoms with Gasteiger partial charge in [-0.2, -0.15) is 11.3 Å². The zero-order valence-corrected chi connectivity index (χ0v) is 11.5. The zero-order valence-electron chi connectivity index (χ0n) is 9.83. The van der Waals surface area contributed by atoms with Crippen LogP contribution in [-0.4, -0.2) is 13.1 Å². The Kier molecular flexibility index (Phi) is 5.34. The number of rotatable bonds is 3. The van der Waals surface area contributed by atoms with Crippen LogP contribution >= 0.6 is 23.7 Å². The second-order valence-electron chi connectivity index (χ2n) is 3.61. The number of nitrogens with two attached hydrogens (primary N) is 1. The number of benzene rings is 1. The number of halogens is 1. The van der Waals surface area contributed by atoms with Crippen molar-refractivity contribution < 1.29 is 9.53 Å². The Bertz CT molecular complexity index is 513. The van der Waals surface area contributed by atoms with Crippen LogP contribution in [0.5, 0.6) is 0 Å². The van der Waals surface area contributed by atoms with Crippen molar-refractivity contribution in [1.29, 1.82) is 0 Å². The number of methoxy groups -OCH3 is 1. The fourth-order valence-corrected chi connectivity index (χ4v) is 2.39. The summed E-state index contributed by atoms with van der Waals surface area (Å²) in [6.07, 6.45) is 0. The largest absolute Gasteiger partial charge is 0.465 e. The molecule has 0 saturated carbocycles. The van der Waals surface area contributed by atoms with Crippen LogP contribution in [0.25, 0.3) is 0 Å². The minimum absolute atomic E-state index is 0. The summed E-state index contributed by atoms with van der Waals surface area (Å²) in [6, 6.07) is 8.92. The maximum Gasteiger partial charge on any atom is 0.338 e. The normalized spacial score (nSPS) is 11.4. The SMILES string of the molecule is COC(=O)c1ccccc1[C@@H](N)c1ccsc1.Cl. The molecule has 1 aromatic carbocycles. The Morgan fingerprint density at radius 1 is 1.33 bits per heavy atom. The lowest BCUT2D eigenvalue weighted by Crippen LogP contribution is -2.16. The summed E-state index contributed by atoms with van der Waals surface area (Å²) in [6.45, 7) is 0. The molecule has 0 spiro atoms. The molecule has 18 heavy (non-hydrogen) atoms. The molecule has 0 bridgehead atoms. The highest BCUT2D eigenvalue weighted by Gasteiger charge is 2.17. The Balaban J connectivity index is 0.00000162. The van der Waals surface area contributed by atoms with Crippen molar-refractivity contribution in [2.45, 2.75) is 6.04 Å². The number of thiophene rings is 1. The van der Waals surface area contributed by atoms with Crippen LogP contribution in [0, 0.1) is 0 Å². The predicted molar refractivity (Wildman–Crippen MR) is 75.4 cm³/mol. The summed E-state index contributed by atoms with van der Waals surface area (Å²) in [7, 11) is 1.37. The van der Waals surface area contributed by atoms with Crippen molar-refractivity contribution >= 4 is 29.7 Å². The zero-order chi connectivity index (χ0) is 12.3. The monoisotopic (exact) mass is 283 g/mol. The van der Waals surface area contributed by atoms with E-state index in [1.165, 1.54) is 7.11 Å². The molecule has 1 atom stereocenters. The average Bonchev–Trinajstić information content (AvgIpc) is 2.91. The smallest absolute Gasteiger partial charge is 0.338 e. The lowest BCUT2D eigenvalue weighted by Gasteiger charge is -2.14. The topological polar surface area (TPSA) is 52.3 Å². The molecule has 0 saturated heterocycles. The Labute approximate surface area is 116 Å². The van der Waals surface area contributed by atoms with Crippen LogP contribution in [0.3, 0.4) is 0 Å². The van der Waals surface area contributed by atoms with E-state index in [1.807, 2.05) is 29.0 Å². The lowest BCUT2D eigenvalue weighted by molar-refractivity contribution is 0.0599. The number of hydrogen-bond acceptors (Lipinski definition) is 4. The van der Waals surface area contributed by atoms with Crippen molar-refractivity contribution in [2.75, 3.05) is 7.11 Å². The standard InChI is InChI=1S/C13H13NO2S.ClH/c1-16-13(15)11-5-3-2-4-10(11)12(14)9-6-7-17-8-9;/h2-8,12H,14H2,1H3;1H/t12-;/m0./s1. The van der Waals surface area contributed by atoms with Gasteiger partial charge < -0.3 is 10.5 Å². The van der Waals surface area contributed by atoms with Crippen LogP contribution in [0.2, 0.25) is 0 Å². The highest BCUT2D eigenvalue weighted by molar-refractivity contribution is 7.08. The molecule has 0 fully saturated rings. The molecule has 96 valence electrons. The van der Waals surface area contributed by atoms with Crippen LogP contribution in [0.4, 0.5) is 0 Å². The maximum absolute atomic E-state index is 11.6. The number of esters is 1. The first-order chi connectivity index (χ1) is 8.24. The molecule has 2 N–H and O–H groups in total. The van der Waals surface area contributed by atoms with Gasteiger partial charge in [0.15, 0.2) is 0 Å². The summed E-state index contributed by atoms with van der Waals surface area (Å²) in [4.78, 5) is 11.6. The molecule has 0 unspecified atom stereocenters. The van der Waals surface area contributed by atoms with Crippen molar-refractivity contribution in [3.05, 3.63) is 57.8 Å². The fourth-order valence-electron chi connectivity index (χ4n) is 1.70. The Morgan fingerprint density at radius 3 is 2.67 bits per heavy atom. The van der Waals surface area contributed by atoms with E-state index in [2.05, 4.69) is 0 Å². The number of carbonyl (C=O) groups is 1. The third-order valence-corrected chi connectivity index (χ3v) is 3.30. The van der Waals surface area contributed by atoms with E-state index in [4.69, 9.17) is 10.5 Å². The minimum Gasteiger partial charge on any atom is -0.465 e. The van der Waals surface area contributed by atoms with Gasteiger partial charge in [-0.1, -0.05) is 18.2 Å². The predicted octanol–water partition coefficient (Wildman–Crippen LogP) is 3.00. The van der Waals surface area contributed by atoms with Gasteiger partial charge in [0.05, 0.1) is 18.7 Å². The highest BCUT2D eigenvalue weighted by atomic mass is 35.5. The van der Waals surface area contributed by atoms with E-state index < -0.39 is 0 Å². The number of hydrogen-bond donors (Lipinski definition) is 1. The molecular formula is C13H14ClNO2S. The van der Waals surface area contributed by atoms with Crippen molar-refractivity contribution in [3.8, 4) is 0 Å². The third-order valence-electron chi connectivity index (χ3n) is 2.60. The molecule has 5 heteroatoms. The van der Waals surface area contributed by atoms with Crippen molar-refractivity contribution in [2.24, 2.45) is 5.73 Å². The maximum atomic E-state index is 11.6. The molecule has 0 aliphatic carbocycles. The summed E-state index contributed by atoms with van der Waals surface area (Å²) in [5, 5.41) is 3.95. The quantitative estimate of drug-likeness (QED) is 0.881. The van der Waals surface area contributed by atoms with Crippen molar-refractivity contribution in [1.82, 2.24) is 0 Å². The van der Waals surface area contributed by atoms with Gasteiger partial charge in [0, 0.05) is 0 Å².